The summed E-state index contributed by atoms with van der Waals surface area (Å²) in [6.45, 7) is 3.36. The van der Waals surface area contributed by atoms with Crippen molar-refractivity contribution in [1.29, 1.82) is 0 Å². The van der Waals surface area contributed by atoms with Gasteiger partial charge in [0.1, 0.15) is 12.4 Å². The maximum Gasteiger partial charge on any atom is 1.00 e. The molecule has 1 aromatic heterocycles. The zero-order chi connectivity index (χ0) is 11.9. The van der Waals surface area contributed by atoms with Crippen LogP contribution in [0.1, 0.15) is 21.2 Å². The van der Waals surface area contributed by atoms with E-state index in [2.05, 4.69) is 34.8 Å². The van der Waals surface area contributed by atoms with Crippen molar-refractivity contribution in [2.24, 2.45) is 7.05 Å². The van der Waals surface area contributed by atoms with Crippen LogP contribution in [0.4, 0.5) is 0 Å². The van der Waals surface area contributed by atoms with Gasteiger partial charge in [0.2, 0.25) is 6.33 Å². The molecule has 3 N–H and O–H groups in total. The molecule has 0 amide bonds. The zero-order valence-corrected chi connectivity index (χ0v) is 12.8. The summed E-state index contributed by atoms with van der Waals surface area (Å²) in [7, 11) is -2.59. The van der Waals surface area contributed by atoms with Gasteiger partial charge in [0.15, 0.2) is 0 Å². The first kappa shape index (κ1) is 18.7. The van der Waals surface area contributed by atoms with Gasteiger partial charge in [-0.2, -0.15) is 0 Å². The number of hydrogen-bond acceptors (Lipinski definition) is 1. The minimum absolute atomic E-state index is 0. The molecule has 0 unspecified atom stereocenters. The van der Waals surface area contributed by atoms with E-state index in [1.54, 1.807) is 0 Å². The van der Waals surface area contributed by atoms with Crippen molar-refractivity contribution in [1.82, 2.24) is 4.57 Å². The van der Waals surface area contributed by atoms with E-state index in [1.165, 1.54) is 12.8 Å². The zero-order valence-electron chi connectivity index (χ0n) is 10.9. The van der Waals surface area contributed by atoms with Crippen LogP contribution in [-0.2, 0) is 18.2 Å². The van der Waals surface area contributed by atoms with Crippen LogP contribution in [0, 0.1) is 0 Å². The molecule has 0 aliphatic heterocycles. The van der Waals surface area contributed by atoms with E-state index in [9.17, 15) is 0 Å². The summed E-state index contributed by atoms with van der Waals surface area (Å²) in [5.74, 6) is 0. The smallest absolute Gasteiger partial charge is 1.00 e. The van der Waals surface area contributed by atoms with E-state index in [1.807, 2.05) is 7.05 Å². The molecule has 0 saturated heterocycles. The Labute approximate surface area is 119 Å². The second kappa shape index (κ2) is 9.36. The molecular formula is C8H19N2NaO4P+. The summed E-state index contributed by atoms with van der Waals surface area (Å²) in [5, 5.41) is 0. The molecule has 0 aliphatic rings. The molecule has 1 heterocycles. The van der Waals surface area contributed by atoms with Gasteiger partial charge in [0.25, 0.3) is 0 Å². The van der Waals surface area contributed by atoms with Crippen LogP contribution in [-0.4, -0.2) is 19.2 Å². The number of imidazole rings is 1. The fraction of sp³-hybridized carbons (Fsp3) is 0.625. The molecule has 1 rings (SSSR count). The average Bonchev–Trinajstić information content (AvgIpc) is 2.45. The third kappa shape index (κ3) is 14.3. The minimum atomic E-state index is -4.64. The van der Waals surface area contributed by atoms with Gasteiger partial charge in [-0.05, 0) is 6.42 Å². The van der Waals surface area contributed by atoms with Gasteiger partial charge in [-0.15, -0.1) is 0 Å². The average molecular weight is 261 g/mol. The van der Waals surface area contributed by atoms with Gasteiger partial charge >= 0.3 is 37.4 Å². The molecule has 0 radical (unpaired) electrons. The van der Waals surface area contributed by atoms with E-state index in [0.29, 0.717) is 0 Å². The van der Waals surface area contributed by atoms with Gasteiger partial charge < -0.3 is 16.1 Å². The Morgan fingerprint density at radius 2 is 1.94 bits per heavy atom. The van der Waals surface area contributed by atoms with Gasteiger partial charge in [-0.1, -0.05) is 13.3 Å². The predicted octanol–water partition coefficient (Wildman–Crippen LogP) is -2.70. The monoisotopic (exact) mass is 261 g/mol. The maximum atomic E-state index is 8.88. The van der Waals surface area contributed by atoms with Crippen molar-refractivity contribution in [3.05, 3.63) is 18.7 Å². The molecule has 90 valence electrons. The summed E-state index contributed by atoms with van der Waals surface area (Å²) in [6.07, 6.45) is 8.82. The molecule has 0 fully saturated rings. The molecule has 1 aromatic rings. The molecule has 16 heavy (non-hydrogen) atoms. The predicted molar refractivity (Wildman–Crippen MR) is 55.9 cm³/mol. The molecule has 6 nitrogen and oxygen atoms in total. The van der Waals surface area contributed by atoms with Crippen molar-refractivity contribution in [2.75, 3.05) is 0 Å². The van der Waals surface area contributed by atoms with E-state index in [0.717, 1.165) is 6.54 Å². The number of hydrogen-bond donors (Lipinski definition) is 3. The Morgan fingerprint density at radius 1 is 1.44 bits per heavy atom. The van der Waals surface area contributed by atoms with Gasteiger partial charge in [0.05, 0.1) is 13.6 Å². The maximum absolute atomic E-state index is 8.88. The van der Waals surface area contributed by atoms with Crippen LogP contribution < -0.4 is 34.1 Å². The third-order valence-corrected chi connectivity index (χ3v) is 1.59. The first-order chi connectivity index (χ1) is 6.83. The van der Waals surface area contributed by atoms with Crippen LogP contribution in [0.15, 0.2) is 18.7 Å². The Bertz CT molecular complexity index is 323. The van der Waals surface area contributed by atoms with Crippen molar-refractivity contribution in [3.63, 3.8) is 0 Å². The van der Waals surface area contributed by atoms with E-state index in [4.69, 9.17) is 19.2 Å². The van der Waals surface area contributed by atoms with Crippen LogP contribution in [0.5, 0.6) is 0 Å². The SMILES string of the molecule is CCCCn1cc[n+](C)c1.O=P(O)(O)O.[H-].[Na+]. The number of aromatic nitrogens is 2. The fourth-order valence-corrected chi connectivity index (χ4v) is 0.975. The fourth-order valence-electron chi connectivity index (χ4n) is 0.975. The third-order valence-electron chi connectivity index (χ3n) is 1.59. The number of rotatable bonds is 3. The topological polar surface area (TPSA) is 86.6 Å². The first-order valence-corrected chi connectivity index (χ1v) is 6.18. The van der Waals surface area contributed by atoms with Crippen LogP contribution in [0.2, 0.25) is 0 Å². The minimum Gasteiger partial charge on any atom is -1.00 e. The second-order valence-electron chi connectivity index (χ2n) is 3.18. The number of unbranched alkanes of at least 4 members (excludes halogenated alkanes) is 1. The molecule has 0 aromatic carbocycles. The largest absolute Gasteiger partial charge is 1.00 e. The first-order valence-electron chi connectivity index (χ1n) is 4.62. The van der Waals surface area contributed by atoms with Crippen molar-refractivity contribution >= 4 is 7.82 Å². The van der Waals surface area contributed by atoms with Gasteiger partial charge in [-0.3, -0.25) is 0 Å². The molecule has 0 bridgehead atoms. The van der Waals surface area contributed by atoms with E-state index < -0.39 is 7.82 Å². The van der Waals surface area contributed by atoms with Crippen molar-refractivity contribution in [3.8, 4) is 0 Å². The van der Waals surface area contributed by atoms with Crippen molar-refractivity contribution in [2.45, 2.75) is 26.3 Å². The van der Waals surface area contributed by atoms with E-state index in [-0.39, 0.29) is 31.0 Å². The summed E-state index contributed by atoms with van der Waals surface area (Å²) in [5.41, 5.74) is 0. The quantitative estimate of drug-likeness (QED) is 0.314. The summed E-state index contributed by atoms with van der Waals surface area (Å²) < 4.78 is 13.2. The van der Waals surface area contributed by atoms with E-state index >= 15 is 0 Å². The molecule has 8 heteroatoms. The van der Waals surface area contributed by atoms with Gasteiger partial charge in [-0.25, -0.2) is 13.7 Å². The molecular weight excluding hydrogens is 242 g/mol. The number of nitrogens with zero attached hydrogens (tertiary/aromatic N) is 2. The Balaban J connectivity index is -0.000000247. The summed E-state index contributed by atoms with van der Waals surface area (Å²) in [6, 6.07) is 0. The number of aryl methyl sites for hydroxylation is 2. The molecule has 0 saturated carbocycles. The Hall–Kier alpha value is 0.320. The van der Waals surface area contributed by atoms with Crippen LogP contribution in [0.25, 0.3) is 0 Å². The number of phosphoric acid groups is 1. The summed E-state index contributed by atoms with van der Waals surface area (Å²) >= 11 is 0. The Morgan fingerprint density at radius 3 is 2.25 bits per heavy atom. The van der Waals surface area contributed by atoms with Gasteiger partial charge in [0, 0.05) is 0 Å². The standard InChI is InChI=1S/C8H15N2.Na.H3O4P.H/c1-3-4-5-10-7-6-9(2)8-10;;1-5(2,3)4;/h6-8H,3-5H2,1-2H3;;(H3,1,2,3,4);/q2*+1;;-1. The molecule has 0 aliphatic carbocycles. The van der Waals surface area contributed by atoms with Crippen molar-refractivity contribution < 1.29 is 54.8 Å². The van der Waals surface area contributed by atoms with Crippen LogP contribution >= 0.6 is 7.82 Å². The molecule has 0 atom stereocenters. The Kier molecular flexibility index (Phi) is 10.9. The van der Waals surface area contributed by atoms with Crippen LogP contribution in [0.3, 0.4) is 0 Å². The summed E-state index contributed by atoms with van der Waals surface area (Å²) in [4.78, 5) is 21.6. The normalized spacial score (nSPS) is 10.1. The molecule has 0 spiro atoms. The second-order valence-corrected chi connectivity index (χ2v) is 4.21.